The van der Waals surface area contributed by atoms with Gasteiger partial charge in [-0.15, -0.1) is 0 Å². The molecule has 0 N–H and O–H groups in total. The van der Waals surface area contributed by atoms with Crippen molar-refractivity contribution in [2.24, 2.45) is 5.92 Å². The van der Waals surface area contributed by atoms with E-state index in [1.165, 1.54) is 0 Å². The van der Waals surface area contributed by atoms with Gasteiger partial charge in [0, 0.05) is 6.66 Å². The normalized spacial score (nSPS) is 17.7. The zero-order valence-corrected chi connectivity index (χ0v) is 10.7. The summed E-state index contributed by atoms with van der Waals surface area (Å²) < 4.78 is 22.1. The summed E-state index contributed by atoms with van der Waals surface area (Å²) in [6, 6.07) is 0. The van der Waals surface area contributed by atoms with E-state index < -0.39 is 7.60 Å². The maximum atomic E-state index is 11.7. The van der Waals surface area contributed by atoms with Crippen LogP contribution in [0.5, 0.6) is 0 Å². The Balaban J connectivity index is 3.66. The van der Waals surface area contributed by atoms with Gasteiger partial charge in [-0.05, 0) is 12.3 Å². The molecule has 0 aliphatic heterocycles. The van der Waals surface area contributed by atoms with Crippen molar-refractivity contribution >= 4 is 7.60 Å². The number of rotatable bonds is 8. The molecule has 0 saturated carbocycles. The van der Waals surface area contributed by atoms with Crippen LogP contribution in [0.15, 0.2) is 0 Å². The number of unbranched alkanes of at least 4 members (excludes halogenated alkanes) is 1. The van der Waals surface area contributed by atoms with Crippen molar-refractivity contribution in [1.29, 1.82) is 0 Å². The Bertz CT molecular complexity index is 182. The fourth-order valence-electron chi connectivity index (χ4n) is 0.792. The zero-order valence-electron chi connectivity index (χ0n) is 9.78. The first-order valence-electron chi connectivity index (χ1n) is 5.38. The molecule has 0 spiro atoms. The minimum atomic E-state index is -2.79. The largest absolute Gasteiger partial charge is 0.327 e. The second kappa shape index (κ2) is 7.44. The maximum Gasteiger partial charge on any atom is 0.327 e. The monoisotopic (exact) mass is 222 g/mol. The van der Waals surface area contributed by atoms with E-state index in [0.29, 0.717) is 19.1 Å². The Morgan fingerprint density at radius 2 is 1.93 bits per heavy atom. The van der Waals surface area contributed by atoms with Gasteiger partial charge >= 0.3 is 7.60 Å². The van der Waals surface area contributed by atoms with Crippen LogP contribution in [0.2, 0.25) is 0 Å². The molecule has 0 aliphatic rings. The van der Waals surface area contributed by atoms with Gasteiger partial charge in [-0.2, -0.15) is 0 Å². The fraction of sp³-hybridized carbons (Fsp3) is 1.00. The summed E-state index contributed by atoms with van der Waals surface area (Å²) >= 11 is 0. The van der Waals surface area contributed by atoms with Crippen LogP contribution in [-0.2, 0) is 13.6 Å². The molecule has 0 saturated heterocycles. The van der Waals surface area contributed by atoms with Gasteiger partial charge in [0.05, 0.1) is 13.2 Å². The topological polar surface area (TPSA) is 35.5 Å². The Hall–Kier alpha value is 0.150. The minimum Gasteiger partial charge on any atom is -0.309 e. The molecule has 0 bridgehead atoms. The van der Waals surface area contributed by atoms with Crippen molar-refractivity contribution in [1.82, 2.24) is 0 Å². The van der Waals surface area contributed by atoms with Gasteiger partial charge in [-0.1, -0.05) is 33.6 Å². The lowest BCUT2D eigenvalue weighted by Gasteiger charge is -2.16. The van der Waals surface area contributed by atoms with Gasteiger partial charge in [0.1, 0.15) is 0 Å². The van der Waals surface area contributed by atoms with E-state index in [0.717, 1.165) is 19.3 Å². The molecular formula is C10H23O3P. The highest BCUT2D eigenvalue weighted by Crippen LogP contribution is 2.44. The second-order valence-corrected chi connectivity index (χ2v) is 5.83. The Morgan fingerprint density at radius 1 is 1.29 bits per heavy atom. The zero-order chi connectivity index (χ0) is 11.0. The van der Waals surface area contributed by atoms with Crippen molar-refractivity contribution < 1.29 is 13.6 Å². The second-order valence-electron chi connectivity index (χ2n) is 3.77. The summed E-state index contributed by atoms with van der Waals surface area (Å²) in [6.45, 7) is 8.84. The molecule has 0 heterocycles. The van der Waals surface area contributed by atoms with Gasteiger partial charge in [-0.25, -0.2) is 0 Å². The quantitative estimate of drug-likeness (QED) is 0.464. The predicted octanol–water partition coefficient (Wildman–Crippen LogP) is 3.69. The Morgan fingerprint density at radius 3 is 2.43 bits per heavy atom. The molecule has 1 unspecified atom stereocenters. The lowest BCUT2D eigenvalue weighted by atomic mass is 10.1. The summed E-state index contributed by atoms with van der Waals surface area (Å²) in [5.74, 6) is 0.443. The maximum absolute atomic E-state index is 11.7. The summed E-state index contributed by atoms with van der Waals surface area (Å²) in [7, 11) is -2.79. The molecule has 0 aliphatic carbocycles. The van der Waals surface area contributed by atoms with Crippen LogP contribution in [0, 0.1) is 5.92 Å². The highest BCUT2D eigenvalue weighted by atomic mass is 31.2. The highest BCUT2D eigenvalue weighted by molar-refractivity contribution is 7.52. The lowest BCUT2D eigenvalue weighted by Crippen LogP contribution is -2.04. The van der Waals surface area contributed by atoms with Gasteiger partial charge in [-0.3, -0.25) is 4.57 Å². The summed E-state index contributed by atoms with van der Waals surface area (Å²) in [6.07, 6.45) is 3.02. The third-order valence-corrected chi connectivity index (χ3v) is 3.38. The molecule has 0 amide bonds. The molecule has 0 aromatic heterocycles. The molecule has 0 radical (unpaired) electrons. The molecular weight excluding hydrogens is 199 g/mol. The molecule has 14 heavy (non-hydrogen) atoms. The third-order valence-electron chi connectivity index (χ3n) is 2.11. The summed E-state index contributed by atoms with van der Waals surface area (Å²) in [4.78, 5) is 0. The van der Waals surface area contributed by atoms with Gasteiger partial charge < -0.3 is 9.05 Å². The minimum absolute atomic E-state index is 0.443. The average molecular weight is 222 g/mol. The Labute approximate surface area is 87.7 Å². The first-order valence-corrected chi connectivity index (χ1v) is 7.37. The van der Waals surface area contributed by atoms with Crippen LogP contribution in [0.25, 0.3) is 0 Å². The van der Waals surface area contributed by atoms with Crippen LogP contribution in [0.1, 0.15) is 40.0 Å². The van der Waals surface area contributed by atoms with Crippen molar-refractivity contribution in [3.63, 3.8) is 0 Å². The van der Waals surface area contributed by atoms with Gasteiger partial charge in [0.2, 0.25) is 0 Å². The summed E-state index contributed by atoms with van der Waals surface area (Å²) in [5.41, 5.74) is 0. The molecule has 2 atom stereocenters. The van der Waals surface area contributed by atoms with Gasteiger partial charge in [0.25, 0.3) is 0 Å². The number of hydrogen-bond donors (Lipinski definition) is 0. The van der Waals surface area contributed by atoms with E-state index in [-0.39, 0.29) is 0 Å². The molecule has 4 heteroatoms. The van der Waals surface area contributed by atoms with Crippen molar-refractivity contribution in [2.45, 2.75) is 40.0 Å². The molecule has 3 nitrogen and oxygen atoms in total. The van der Waals surface area contributed by atoms with Crippen LogP contribution < -0.4 is 0 Å². The van der Waals surface area contributed by atoms with E-state index in [4.69, 9.17) is 9.05 Å². The van der Waals surface area contributed by atoms with Crippen LogP contribution in [0.4, 0.5) is 0 Å². The van der Waals surface area contributed by atoms with Crippen LogP contribution >= 0.6 is 7.60 Å². The van der Waals surface area contributed by atoms with Crippen LogP contribution in [0.3, 0.4) is 0 Å². The highest BCUT2D eigenvalue weighted by Gasteiger charge is 2.17. The SMILES string of the molecule is CCCCOP(C)(=O)OC[C@@H](C)CC. The molecule has 0 rings (SSSR count). The van der Waals surface area contributed by atoms with E-state index >= 15 is 0 Å². The van der Waals surface area contributed by atoms with Crippen molar-refractivity contribution in [3.8, 4) is 0 Å². The first kappa shape index (κ1) is 14.2. The number of hydrogen-bond acceptors (Lipinski definition) is 3. The molecule has 86 valence electrons. The van der Waals surface area contributed by atoms with E-state index in [2.05, 4.69) is 20.8 Å². The lowest BCUT2D eigenvalue weighted by molar-refractivity contribution is 0.184. The fourth-order valence-corrected chi connectivity index (χ4v) is 1.85. The molecule has 0 fully saturated rings. The smallest absolute Gasteiger partial charge is 0.309 e. The Kier molecular flexibility index (Phi) is 7.52. The average Bonchev–Trinajstić information content (AvgIpc) is 2.14. The van der Waals surface area contributed by atoms with Crippen LogP contribution in [-0.4, -0.2) is 19.9 Å². The van der Waals surface area contributed by atoms with E-state index in [9.17, 15) is 4.57 Å². The van der Waals surface area contributed by atoms with Crippen molar-refractivity contribution in [2.75, 3.05) is 19.9 Å². The summed E-state index contributed by atoms with van der Waals surface area (Å²) in [5, 5.41) is 0. The molecule has 0 aromatic rings. The predicted molar refractivity (Wildman–Crippen MR) is 59.8 cm³/mol. The van der Waals surface area contributed by atoms with E-state index in [1.807, 2.05) is 0 Å². The van der Waals surface area contributed by atoms with Crippen molar-refractivity contribution in [3.05, 3.63) is 0 Å². The first-order chi connectivity index (χ1) is 6.52. The standard InChI is InChI=1S/C10H23O3P/c1-5-7-8-12-14(4,11)13-9-10(3)6-2/h10H,5-9H2,1-4H3/t10-,14?/m0/s1. The van der Waals surface area contributed by atoms with E-state index in [1.54, 1.807) is 6.66 Å². The van der Waals surface area contributed by atoms with Gasteiger partial charge in [0.15, 0.2) is 0 Å². The molecule has 0 aromatic carbocycles. The third kappa shape index (κ3) is 7.54.